The summed E-state index contributed by atoms with van der Waals surface area (Å²) < 4.78 is 0. The summed E-state index contributed by atoms with van der Waals surface area (Å²) >= 11 is 0. The highest BCUT2D eigenvalue weighted by atomic mass is 16.4. The summed E-state index contributed by atoms with van der Waals surface area (Å²) in [5.74, 6) is 0.492. The topological polar surface area (TPSA) is 40.5 Å². The fourth-order valence-corrected chi connectivity index (χ4v) is 2.38. The van der Waals surface area contributed by atoms with Gasteiger partial charge in [-0.25, -0.2) is 0 Å². The van der Waals surface area contributed by atoms with Crippen LogP contribution in [0.4, 0.5) is 0 Å². The van der Waals surface area contributed by atoms with Gasteiger partial charge in [0, 0.05) is 0 Å². The standard InChI is InChI=1S/C11H21NO2/c1-8-5-6-11(10(13)14,12(3)4)7-9(8)2/h8-9H,5-7H2,1-4H3,(H,13,14). The minimum Gasteiger partial charge on any atom is -0.480 e. The van der Waals surface area contributed by atoms with Crippen molar-refractivity contribution >= 4 is 5.97 Å². The highest BCUT2D eigenvalue weighted by Gasteiger charge is 2.45. The summed E-state index contributed by atoms with van der Waals surface area (Å²) in [7, 11) is 3.74. The lowest BCUT2D eigenvalue weighted by atomic mass is 9.70. The molecule has 0 amide bonds. The predicted molar refractivity (Wildman–Crippen MR) is 56.2 cm³/mol. The molecule has 3 unspecified atom stereocenters. The fraction of sp³-hybridized carbons (Fsp3) is 0.909. The van der Waals surface area contributed by atoms with Crippen LogP contribution >= 0.6 is 0 Å². The molecule has 0 aromatic heterocycles. The number of rotatable bonds is 2. The molecule has 1 aliphatic carbocycles. The van der Waals surface area contributed by atoms with Gasteiger partial charge in [0.15, 0.2) is 0 Å². The zero-order chi connectivity index (χ0) is 10.9. The molecular weight excluding hydrogens is 178 g/mol. The summed E-state index contributed by atoms with van der Waals surface area (Å²) in [5, 5.41) is 9.32. The summed E-state index contributed by atoms with van der Waals surface area (Å²) in [6.45, 7) is 4.37. The second kappa shape index (κ2) is 3.89. The first-order valence-electron chi connectivity index (χ1n) is 5.31. The maximum atomic E-state index is 11.3. The summed E-state index contributed by atoms with van der Waals surface area (Å²) in [5.41, 5.74) is -0.619. The molecule has 0 spiro atoms. The van der Waals surface area contributed by atoms with Crippen LogP contribution < -0.4 is 0 Å². The average molecular weight is 199 g/mol. The maximum absolute atomic E-state index is 11.3. The van der Waals surface area contributed by atoms with Crippen LogP contribution in [0.2, 0.25) is 0 Å². The number of carboxylic acid groups (broad SMARTS) is 1. The van der Waals surface area contributed by atoms with E-state index in [1.165, 1.54) is 0 Å². The molecule has 3 heteroatoms. The molecule has 1 N–H and O–H groups in total. The zero-order valence-electron chi connectivity index (χ0n) is 9.58. The van der Waals surface area contributed by atoms with Crippen LogP contribution in [0.25, 0.3) is 0 Å². The van der Waals surface area contributed by atoms with E-state index >= 15 is 0 Å². The van der Waals surface area contributed by atoms with Gasteiger partial charge in [0.05, 0.1) is 0 Å². The van der Waals surface area contributed by atoms with Crippen LogP contribution in [0.3, 0.4) is 0 Å². The molecule has 1 aliphatic rings. The Balaban J connectivity index is 2.86. The first kappa shape index (κ1) is 11.5. The molecule has 0 aromatic rings. The number of likely N-dealkylation sites (N-methyl/N-ethyl adjacent to an activating group) is 1. The van der Waals surface area contributed by atoms with Crippen molar-refractivity contribution in [2.45, 2.75) is 38.6 Å². The lowest BCUT2D eigenvalue weighted by Gasteiger charge is -2.43. The predicted octanol–water partition coefficient (Wildman–Crippen LogP) is 1.83. The van der Waals surface area contributed by atoms with Crippen molar-refractivity contribution < 1.29 is 9.90 Å². The van der Waals surface area contributed by atoms with E-state index in [-0.39, 0.29) is 0 Å². The van der Waals surface area contributed by atoms with Gasteiger partial charge in [-0.15, -0.1) is 0 Å². The van der Waals surface area contributed by atoms with Crippen LogP contribution in [0.15, 0.2) is 0 Å². The van der Waals surface area contributed by atoms with E-state index in [2.05, 4.69) is 13.8 Å². The summed E-state index contributed by atoms with van der Waals surface area (Å²) in [6.07, 6.45) is 2.57. The van der Waals surface area contributed by atoms with Gasteiger partial charge in [0.2, 0.25) is 0 Å². The smallest absolute Gasteiger partial charge is 0.324 e. The molecule has 1 rings (SSSR count). The molecule has 82 valence electrons. The average Bonchev–Trinajstić information content (AvgIpc) is 2.09. The highest BCUT2D eigenvalue weighted by molar-refractivity contribution is 5.78. The van der Waals surface area contributed by atoms with Crippen molar-refractivity contribution in [1.29, 1.82) is 0 Å². The van der Waals surface area contributed by atoms with E-state index in [9.17, 15) is 9.90 Å². The zero-order valence-corrected chi connectivity index (χ0v) is 9.58. The van der Waals surface area contributed by atoms with Crippen LogP contribution in [0.5, 0.6) is 0 Å². The Labute approximate surface area is 86.1 Å². The van der Waals surface area contributed by atoms with Crippen molar-refractivity contribution in [2.24, 2.45) is 11.8 Å². The molecule has 0 saturated heterocycles. The lowest BCUT2D eigenvalue weighted by molar-refractivity contribution is -0.154. The minimum absolute atomic E-state index is 0.502. The van der Waals surface area contributed by atoms with E-state index in [0.29, 0.717) is 11.8 Å². The van der Waals surface area contributed by atoms with Gasteiger partial charge in [-0.05, 0) is 45.2 Å². The third-order valence-corrected chi connectivity index (χ3v) is 3.90. The van der Waals surface area contributed by atoms with Gasteiger partial charge in [0.25, 0.3) is 0 Å². The second-order valence-corrected chi connectivity index (χ2v) is 4.93. The van der Waals surface area contributed by atoms with Crippen molar-refractivity contribution in [3.05, 3.63) is 0 Å². The molecule has 1 saturated carbocycles. The van der Waals surface area contributed by atoms with Gasteiger partial charge in [0.1, 0.15) is 5.54 Å². The Morgan fingerprint density at radius 2 is 1.93 bits per heavy atom. The first-order valence-corrected chi connectivity index (χ1v) is 5.31. The van der Waals surface area contributed by atoms with E-state index in [0.717, 1.165) is 19.3 Å². The van der Waals surface area contributed by atoms with Gasteiger partial charge >= 0.3 is 5.97 Å². The SMILES string of the molecule is CC1CCC(C(=O)O)(N(C)C)CC1C. The van der Waals surface area contributed by atoms with Gasteiger partial charge in [-0.1, -0.05) is 13.8 Å². The minimum atomic E-state index is -0.666. The third-order valence-electron chi connectivity index (χ3n) is 3.90. The number of aliphatic carboxylic acids is 1. The normalized spacial score (nSPS) is 38.6. The Hall–Kier alpha value is -0.570. The van der Waals surface area contributed by atoms with Gasteiger partial charge < -0.3 is 5.11 Å². The molecular formula is C11H21NO2. The van der Waals surface area contributed by atoms with Crippen molar-refractivity contribution in [3.8, 4) is 0 Å². The van der Waals surface area contributed by atoms with Crippen molar-refractivity contribution in [1.82, 2.24) is 4.90 Å². The van der Waals surface area contributed by atoms with Gasteiger partial charge in [-0.2, -0.15) is 0 Å². The quantitative estimate of drug-likeness (QED) is 0.737. The number of carbonyl (C=O) groups is 1. The Morgan fingerprint density at radius 1 is 1.36 bits per heavy atom. The highest BCUT2D eigenvalue weighted by Crippen LogP contribution is 2.39. The third kappa shape index (κ3) is 1.78. The number of hydrogen-bond acceptors (Lipinski definition) is 2. The molecule has 3 nitrogen and oxygen atoms in total. The largest absolute Gasteiger partial charge is 0.480 e. The van der Waals surface area contributed by atoms with Crippen molar-refractivity contribution in [3.63, 3.8) is 0 Å². The van der Waals surface area contributed by atoms with Gasteiger partial charge in [-0.3, -0.25) is 9.69 Å². The Morgan fingerprint density at radius 3 is 2.29 bits per heavy atom. The fourth-order valence-electron chi connectivity index (χ4n) is 2.38. The van der Waals surface area contributed by atoms with E-state index in [4.69, 9.17) is 0 Å². The van der Waals surface area contributed by atoms with E-state index in [1.54, 1.807) is 0 Å². The lowest BCUT2D eigenvalue weighted by Crippen LogP contribution is -2.54. The van der Waals surface area contributed by atoms with Crippen LogP contribution in [-0.4, -0.2) is 35.6 Å². The van der Waals surface area contributed by atoms with E-state index < -0.39 is 11.5 Å². The molecule has 0 radical (unpaired) electrons. The molecule has 14 heavy (non-hydrogen) atoms. The number of hydrogen-bond donors (Lipinski definition) is 1. The van der Waals surface area contributed by atoms with Crippen LogP contribution in [0, 0.1) is 11.8 Å². The second-order valence-electron chi connectivity index (χ2n) is 4.93. The molecule has 0 aliphatic heterocycles. The van der Waals surface area contributed by atoms with E-state index in [1.807, 2.05) is 19.0 Å². The molecule has 0 heterocycles. The summed E-state index contributed by atoms with van der Waals surface area (Å²) in [4.78, 5) is 13.2. The number of carboxylic acids is 1. The number of nitrogens with zero attached hydrogens (tertiary/aromatic N) is 1. The van der Waals surface area contributed by atoms with Crippen molar-refractivity contribution in [2.75, 3.05) is 14.1 Å². The maximum Gasteiger partial charge on any atom is 0.324 e. The molecule has 1 fully saturated rings. The van der Waals surface area contributed by atoms with Crippen LogP contribution in [0.1, 0.15) is 33.1 Å². The first-order chi connectivity index (χ1) is 6.40. The molecule has 0 bridgehead atoms. The Bertz CT molecular complexity index is 227. The Kier molecular flexibility index (Phi) is 3.20. The molecule has 0 aromatic carbocycles. The van der Waals surface area contributed by atoms with Crippen LogP contribution in [-0.2, 0) is 4.79 Å². The monoisotopic (exact) mass is 199 g/mol. The summed E-state index contributed by atoms with van der Waals surface area (Å²) in [6, 6.07) is 0. The molecule has 3 atom stereocenters.